The van der Waals surface area contributed by atoms with E-state index >= 15 is 0 Å². The van der Waals surface area contributed by atoms with Gasteiger partial charge in [-0.1, -0.05) is 23.2 Å². The number of carbonyl (C=O) groups is 1. The summed E-state index contributed by atoms with van der Waals surface area (Å²) in [6.07, 6.45) is 0. The fraction of sp³-hybridized carbons (Fsp3) is 0.150. The maximum absolute atomic E-state index is 12.7. The Bertz CT molecular complexity index is 1260. The van der Waals surface area contributed by atoms with E-state index in [0.29, 0.717) is 15.2 Å². The summed E-state index contributed by atoms with van der Waals surface area (Å²) < 4.78 is 43.6. The molecule has 0 aliphatic heterocycles. The Kier molecular flexibility index (Phi) is 8.42. The Hall–Kier alpha value is -2.80. The Morgan fingerprint density at radius 3 is 2.38 bits per heavy atom. The molecule has 34 heavy (non-hydrogen) atoms. The van der Waals surface area contributed by atoms with Gasteiger partial charge in [-0.25, -0.2) is 8.42 Å². The van der Waals surface area contributed by atoms with Crippen LogP contribution in [0, 0.1) is 0 Å². The van der Waals surface area contributed by atoms with Crippen LogP contribution in [0.15, 0.2) is 51.8 Å². The molecule has 2 aromatic carbocycles. The van der Waals surface area contributed by atoms with E-state index in [2.05, 4.69) is 35.9 Å². The summed E-state index contributed by atoms with van der Waals surface area (Å²) in [6, 6.07) is 9.81. The summed E-state index contributed by atoms with van der Waals surface area (Å²) in [6.45, 7) is -0.334. The summed E-state index contributed by atoms with van der Waals surface area (Å²) in [5.74, 6) is -0.125. The van der Waals surface area contributed by atoms with Gasteiger partial charge in [0.15, 0.2) is 18.2 Å². The van der Waals surface area contributed by atoms with E-state index in [1.54, 1.807) is 6.07 Å². The standard InChI is InChI=1S/C20H17BrCl2N4O6S/c1-31-18-9-16(25-20(26-18)32-2)27-34(29,30)13-5-3-12(4-6-13)24-17(28)10-33-19-14(21)7-11(22)8-15(19)23/h3-9H,10H2,1-2H3,(H,24,28)(H,25,26,27). The largest absolute Gasteiger partial charge is 0.481 e. The number of aromatic nitrogens is 2. The minimum absolute atomic E-state index is 0.0368. The van der Waals surface area contributed by atoms with Gasteiger partial charge in [0, 0.05) is 16.8 Å². The third-order valence-electron chi connectivity index (χ3n) is 4.07. The van der Waals surface area contributed by atoms with Gasteiger partial charge in [0.1, 0.15) is 0 Å². The second-order valence-corrected chi connectivity index (χ2v) is 9.83. The lowest BCUT2D eigenvalue weighted by molar-refractivity contribution is -0.118. The third kappa shape index (κ3) is 6.63. The lowest BCUT2D eigenvalue weighted by Crippen LogP contribution is -2.20. The maximum Gasteiger partial charge on any atom is 0.321 e. The van der Waals surface area contributed by atoms with E-state index in [4.69, 9.17) is 37.4 Å². The number of anilines is 2. The highest BCUT2D eigenvalue weighted by Crippen LogP contribution is 2.36. The van der Waals surface area contributed by atoms with Crippen molar-refractivity contribution in [3.8, 4) is 17.6 Å². The molecular formula is C20H17BrCl2N4O6S. The van der Waals surface area contributed by atoms with Crippen molar-refractivity contribution in [2.45, 2.75) is 4.90 Å². The lowest BCUT2D eigenvalue weighted by Gasteiger charge is -2.12. The zero-order valence-electron chi connectivity index (χ0n) is 17.6. The number of sulfonamides is 1. The summed E-state index contributed by atoms with van der Waals surface area (Å²) in [7, 11) is -1.27. The van der Waals surface area contributed by atoms with Crippen LogP contribution in [-0.4, -0.2) is 45.1 Å². The fourth-order valence-corrected chi connectivity index (χ4v) is 4.93. The second kappa shape index (κ2) is 11.1. The van der Waals surface area contributed by atoms with E-state index in [0.717, 1.165) is 0 Å². The predicted molar refractivity (Wildman–Crippen MR) is 131 cm³/mol. The number of nitrogens with zero attached hydrogens (tertiary/aromatic N) is 2. The molecule has 1 heterocycles. The van der Waals surface area contributed by atoms with Crippen molar-refractivity contribution in [2.75, 3.05) is 30.9 Å². The molecule has 0 fully saturated rings. The number of ether oxygens (including phenoxy) is 3. The SMILES string of the molecule is COc1cc(NS(=O)(=O)c2ccc(NC(=O)COc3c(Cl)cc(Cl)cc3Br)cc2)nc(OC)n1. The van der Waals surface area contributed by atoms with Gasteiger partial charge in [-0.15, -0.1) is 0 Å². The molecule has 1 amide bonds. The van der Waals surface area contributed by atoms with E-state index in [1.165, 1.54) is 50.6 Å². The van der Waals surface area contributed by atoms with Gasteiger partial charge < -0.3 is 19.5 Å². The second-order valence-electron chi connectivity index (χ2n) is 6.45. The highest BCUT2D eigenvalue weighted by atomic mass is 79.9. The normalized spacial score (nSPS) is 11.0. The first kappa shape index (κ1) is 25.8. The van der Waals surface area contributed by atoms with E-state index < -0.39 is 15.9 Å². The van der Waals surface area contributed by atoms with Crippen molar-refractivity contribution in [2.24, 2.45) is 0 Å². The molecule has 0 aliphatic rings. The molecule has 14 heteroatoms. The van der Waals surface area contributed by atoms with Crippen LogP contribution in [0.3, 0.4) is 0 Å². The quantitative estimate of drug-likeness (QED) is 0.375. The van der Waals surface area contributed by atoms with Gasteiger partial charge in [-0.3, -0.25) is 9.52 Å². The predicted octanol–water partition coefficient (Wildman–Crippen LogP) is 4.38. The molecule has 1 aromatic heterocycles. The summed E-state index contributed by atoms with van der Waals surface area (Å²) in [4.78, 5) is 20.0. The van der Waals surface area contributed by atoms with Gasteiger partial charge in [-0.05, 0) is 52.3 Å². The van der Waals surface area contributed by atoms with Crippen LogP contribution < -0.4 is 24.2 Å². The maximum atomic E-state index is 12.7. The smallest absolute Gasteiger partial charge is 0.321 e. The van der Waals surface area contributed by atoms with Gasteiger partial charge >= 0.3 is 6.01 Å². The average molecular weight is 592 g/mol. The van der Waals surface area contributed by atoms with Crippen LogP contribution in [0.5, 0.6) is 17.6 Å². The number of hydrogen-bond donors (Lipinski definition) is 2. The molecule has 0 saturated heterocycles. The van der Waals surface area contributed by atoms with Crippen molar-refractivity contribution in [1.29, 1.82) is 0 Å². The van der Waals surface area contributed by atoms with Crippen molar-refractivity contribution in [1.82, 2.24) is 9.97 Å². The van der Waals surface area contributed by atoms with E-state index in [9.17, 15) is 13.2 Å². The number of carbonyl (C=O) groups excluding carboxylic acids is 1. The molecule has 0 bridgehead atoms. The number of benzene rings is 2. The zero-order chi connectivity index (χ0) is 24.9. The Morgan fingerprint density at radius 2 is 1.76 bits per heavy atom. The highest BCUT2D eigenvalue weighted by molar-refractivity contribution is 9.10. The highest BCUT2D eigenvalue weighted by Gasteiger charge is 2.17. The molecule has 180 valence electrons. The third-order valence-corrected chi connectivity index (χ3v) is 6.53. The topological polar surface area (TPSA) is 129 Å². The summed E-state index contributed by atoms with van der Waals surface area (Å²) >= 11 is 15.2. The minimum atomic E-state index is -3.99. The summed E-state index contributed by atoms with van der Waals surface area (Å²) in [5, 5.41) is 3.26. The Morgan fingerprint density at radius 1 is 1.06 bits per heavy atom. The van der Waals surface area contributed by atoms with Crippen molar-refractivity contribution < 1.29 is 27.4 Å². The number of amides is 1. The average Bonchev–Trinajstić information content (AvgIpc) is 2.78. The first-order valence-electron chi connectivity index (χ1n) is 9.28. The van der Waals surface area contributed by atoms with Crippen LogP contribution in [0.4, 0.5) is 11.5 Å². The molecule has 10 nitrogen and oxygen atoms in total. The Labute approximate surface area is 213 Å². The molecule has 0 atom stereocenters. The van der Waals surface area contributed by atoms with Crippen LogP contribution in [0.25, 0.3) is 0 Å². The van der Waals surface area contributed by atoms with Gasteiger partial charge in [0.25, 0.3) is 15.9 Å². The first-order chi connectivity index (χ1) is 16.1. The number of rotatable bonds is 9. The summed E-state index contributed by atoms with van der Waals surface area (Å²) in [5.41, 5.74) is 0.360. The molecule has 2 N–H and O–H groups in total. The minimum Gasteiger partial charge on any atom is -0.481 e. The fourth-order valence-electron chi connectivity index (χ4n) is 2.57. The molecule has 0 aliphatic carbocycles. The molecule has 3 rings (SSSR count). The van der Waals surface area contributed by atoms with Crippen LogP contribution in [0.2, 0.25) is 10.0 Å². The van der Waals surface area contributed by atoms with Crippen molar-refractivity contribution in [3.63, 3.8) is 0 Å². The van der Waals surface area contributed by atoms with E-state index in [1.807, 2.05) is 0 Å². The van der Waals surface area contributed by atoms with E-state index in [-0.39, 0.29) is 40.0 Å². The van der Waals surface area contributed by atoms with Crippen molar-refractivity contribution in [3.05, 3.63) is 57.0 Å². The monoisotopic (exact) mass is 590 g/mol. The van der Waals surface area contributed by atoms with Crippen LogP contribution in [-0.2, 0) is 14.8 Å². The molecule has 3 aromatic rings. The number of methoxy groups -OCH3 is 2. The molecule has 0 spiro atoms. The lowest BCUT2D eigenvalue weighted by atomic mass is 10.3. The number of nitrogens with one attached hydrogen (secondary N) is 2. The van der Waals surface area contributed by atoms with Crippen LogP contribution >= 0.6 is 39.1 Å². The Balaban J connectivity index is 1.65. The van der Waals surface area contributed by atoms with Gasteiger partial charge in [0.05, 0.1) is 28.6 Å². The van der Waals surface area contributed by atoms with Crippen molar-refractivity contribution >= 4 is 66.6 Å². The first-order valence-corrected chi connectivity index (χ1v) is 12.3. The van der Waals surface area contributed by atoms with Gasteiger partial charge in [0.2, 0.25) is 5.88 Å². The zero-order valence-corrected chi connectivity index (χ0v) is 21.5. The number of halogens is 3. The molecule has 0 unspecified atom stereocenters. The van der Waals surface area contributed by atoms with Crippen LogP contribution in [0.1, 0.15) is 0 Å². The molecule has 0 radical (unpaired) electrons. The molecular weight excluding hydrogens is 575 g/mol. The van der Waals surface area contributed by atoms with Gasteiger partial charge in [-0.2, -0.15) is 9.97 Å². The number of hydrogen-bond acceptors (Lipinski definition) is 8. The molecule has 0 saturated carbocycles.